The van der Waals surface area contributed by atoms with Crippen LogP contribution in [0, 0.1) is 0 Å². The molecule has 1 saturated heterocycles. The molecule has 1 heterocycles. The molecule has 0 spiro atoms. The van der Waals surface area contributed by atoms with Crippen LogP contribution in [0.3, 0.4) is 0 Å². The number of nitrogens with one attached hydrogen (secondary N) is 1. The van der Waals surface area contributed by atoms with E-state index >= 15 is 0 Å². The molecule has 106 valence electrons. The van der Waals surface area contributed by atoms with Gasteiger partial charge < -0.3 is 15.0 Å². The predicted octanol–water partition coefficient (Wildman–Crippen LogP) is 1.79. The number of rotatable bonds is 7. The minimum Gasteiger partial charge on any atom is -0.379 e. The first-order valence-corrected chi connectivity index (χ1v) is 7.09. The summed E-state index contributed by atoms with van der Waals surface area (Å²) in [5, 5.41) is 3.32. The Morgan fingerprint density at radius 3 is 2.50 bits per heavy atom. The van der Waals surface area contributed by atoms with Crippen molar-refractivity contribution in [1.82, 2.24) is 10.2 Å². The van der Waals surface area contributed by atoms with E-state index < -0.39 is 0 Å². The van der Waals surface area contributed by atoms with Crippen molar-refractivity contribution in [2.45, 2.75) is 51.6 Å². The zero-order valence-electron chi connectivity index (χ0n) is 12.1. The number of methoxy groups -OCH3 is 1. The van der Waals surface area contributed by atoms with Gasteiger partial charge in [-0.2, -0.15) is 0 Å². The summed E-state index contributed by atoms with van der Waals surface area (Å²) in [6.45, 7) is 7.73. The highest BCUT2D eigenvalue weighted by molar-refractivity contribution is 5.76. The van der Waals surface area contributed by atoms with Crippen LogP contribution in [0.5, 0.6) is 0 Å². The van der Waals surface area contributed by atoms with Gasteiger partial charge in [-0.25, -0.2) is 0 Å². The number of carbonyl (C=O) groups is 1. The zero-order chi connectivity index (χ0) is 13.4. The summed E-state index contributed by atoms with van der Waals surface area (Å²) in [6, 6.07) is 0. The van der Waals surface area contributed by atoms with Gasteiger partial charge in [-0.15, -0.1) is 0 Å². The van der Waals surface area contributed by atoms with Gasteiger partial charge in [0.25, 0.3) is 0 Å². The fraction of sp³-hybridized carbons (Fsp3) is 0.929. The molecule has 4 nitrogen and oxygen atoms in total. The molecule has 1 rings (SSSR count). The van der Waals surface area contributed by atoms with Gasteiger partial charge in [0.1, 0.15) is 0 Å². The van der Waals surface area contributed by atoms with Crippen LogP contribution in [0.2, 0.25) is 0 Å². The molecule has 4 heteroatoms. The summed E-state index contributed by atoms with van der Waals surface area (Å²) < 4.78 is 5.35. The predicted molar refractivity (Wildman–Crippen MR) is 73.6 cm³/mol. The summed E-state index contributed by atoms with van der Waals surface area (Å²) >= 11 is 0. The van der Waals surface area contributed by atoms with Crippen molar-refractivity contribution >= 4 is 5.91 Å². The van der Waals surface area contributed by atoms with Gasteiger partial charge in [-0.1, -0.05) is 0 Å². The largest absolute Gasteiger partial charge is 0.379 e. The Bertz CT molecular complexity index is 248. The van der Waals surface area contributed by atoms with Crippen molar-refractivity contribution in [2.75, 3.05) is 33.3 Å². The van der Waals surface area contributed by atoms with Crippen molar-refractivity contribution < 1.29 is 9.53 Å². The topological polar surface area (TPSA) is 41.6 Å². The number of amides is 1. The van der Waals surface area contributed by atoms with E-state index in [-0.39, 0.29) is 5.60 Å². The molecule has 0 unspecified atom stereocenters. The number of piperidine rings is 1. The zero-order valence-corrected chi connectivity index (χ0v) is 12.1. The maximum atomic E-state index is 11.9. The third-order valence-corrected chi connectivity index (χ3v) is 3.68. The molecule has 0 aliphatic carbocycles. The Kier molecular flexibility index (Phi) is 6.65. The molecule has 1 fully saturated rings. The van der Waals surface area contributed by atoms with E-state index in [1.165, 1.54) is 19.3 Å². The van der Waals surface area contributed by atoms with Crippen LogP contribution in [-0.2, 0) is 9.53 Å². The van der Waals surface area contributed by atoms with E-state index in [0.717, 1.165) is 32.6 Å². The van der Waals surface area contributed by atoms with Crippen LogP contribution in [0.4, 0.5) is 0 Å². The summed E-state index contributed by atoms with van der Waals surface area (Å²) in [5.41, 5.74) is -0.0795. The van der Waals surface area contributed by atoms with Crippen LogP contribution in [0.15, 0.2) is 0 Å². The highest BCUT2D eigenvalue weighted by Gasteiger charge is 2.17. The van der Waals surface area contributed by atoms with Gasteiger partial charge in [0.15, 0.2) is 0 Å². The van der Waals surface area contributed by atoms with E-state index in [2.05, 4.69) is 19.2 Å². The van der Waals surface area contributed by atoms with Gasteiger partial charge in [-0.3, -0.25) is 4.79 Å². The van der Waals surface area contributed by atoms with Crippen LogP contribution in [0.1, 0.15) is 46.0 Å². The van der Waals surface area contributed by atoms with Gasteiger partial charge in [0.2, 0.25) is 5.91 Å². The standard InChI is InChI=1S/C14H28N2O2/c1-14(2,18-3)8-10-15-9-7-13(17)16-11-5-4-6-12-16/h15H,4-12H2,1-3H3. The molecule has 0 aromatic rings. The van der Waals surface area contributed by atoms with Gasteiger partial charge >= 0.3 is 0 Å². The first-order valence-electron chi connectivity index (χ1n) is 7.09. The summed E-state index contributed by atoms with van der Waals surface area (Å²) in [4.78, 5) is 13.9. The van der Waals surface area contributed by atoms with E-state index in [1.54, 1.807) is 7.11 Å². The Balaban J connectivity index is 2.05. The van der Waals surface area contributed by atoms with Gasteiger partial charge in [0, 0.05) is 33.2 Å². The normalized spacial score (nSPS) is 16.9. The molecule has 1 aliphatic rings. The quantitative estimate of drug-likeness (QED) is 0.706. The lowest BCUT2D eigenvalue weighted by Crippen LogP contribution is -2.37. The van der Waals surface area contributed by atoms with Gasteiger partial charge in [0.05, 0.1) is 5.60 Å². The second kappa shape index (κ2) is 7.74. The second-order valence-corrected chi connectivity index (χ2v) is 5.66. The average molecular weight is 256 g/mol. The molecule has 1 aliphatic heterocycles. The Hall–Kier alpha value is -0.610. The third kappa shape index (κ3) is 5.83. The number of hydrogen-bond donors (Lipinski definition) is 1. The highest BCUT2D eigenvalue weighted by atomic mass is 16.5. The fourth-order valence-electron chi connectivity index (χ4n) is 2.11. The lowest BCUT2D eigenvalue weighted by Gasteiger charge is -2.27. The molecule has 0 atom stereocenters. The Morgan fingerprint density at radius 2 is 1.89 bits per heavy atom. The van der Waals surface area contributed by atoms with Crippen molar-refractivity contribution in [1.29, 1.82) is 0 Å². The minimum atomic E-state index is -0.0795. The highest BCUT2D eigenvalue weighted by Crippen LogP contribution is 2.11. The molecule has 0 saturated carbocycles. The third-order valence-electron chi connectivity index (χ3n) is 3.68. The van der Waals surface area contributed by atoms with Gasteiger partial charge in [-0.05, 0) is 46.1 Å². The van der Waals surface area contributed by atoms with E-state index in [0.29, 0.717) is 12.3 Å². The van der Waals surface area contributed by atoms with E-state index in [9.17, 15) is 4.79 Å². The van der Waals surface area contributed by atoms with Crippen molar-refractivity contribution in [3.05, 3.63) is 0 Å². The fourth-order valence-corrected chi connectivity index (χ4v) is 2.11. The Labute approximate surface area is 111 Å². The molecule has 0 aromatic heterocycles. The molecule has 0 aromatic carbocycles. The first-order chi connectivity index (χ1) is 8.55. The molecule has 18 heavy (non-hydrogen) atoms. The number of ether oxygens (including phenoxy) is 1. The van der Waals surface area contributed by atoms with E-state index in [4.69, 9.17) is 4.74 Å². The van der Waals surface area contributed by atoms with Crippen LogP contribution in [0.25, 0.3) is 0 Å². The lowest BCUT2D eigenvalue weighted by atomic mass is 10.1. The van der Waals surface area contributed by atoms with Crippen molar-refractivity contribution in [2.24, 2.45) is 0 Å². The number of nitrogens with zero attached hydrogens (tertiary/aromatic N) is 1. The molecule has 0 radical (unpaired) electrons. The summed E-state index contributed by atoms with van der Waals surface area (Å²) in [5.74, 6) is 0.299. The number of carbonyl (C=O) groups excluding carboxylic acids is 1. The second-order valence-electron chi connectivity index (χ2n) is 5.66. The monoisotopic (exact) mass is 256 g/mol. The maximum absolute atomic E-state index is 11.9. The average Bonchev–Trinajstić information content (AvgIpc) is 2.39. The SMILES string of the molecule is COC(C)(C)CCNCCC(=O)N1CCCCC1. The van der Waals surface area contributed by atoms with Crippen LogP contribution < -0.4 is 5.32 Å². The van der Waals surface area contributed by atoms with E-state index in [1.807, 2.05) is 4.90 Å². The van der Waals surface area contributed by atoms with Crippen LogP contribution >= 0.6 is 0 Å². The first kappa shape index (κ1) is 15.4. The lowest BCUT2D eigenvalue weighted by molar-refractivity contribution is -0.131. The smallest absolute Gasteiger partial charge is 0.223 e. The van der Waals surface area contributed by atoms with Crippen molar-refractivity contribution in [3.63, 3.8) is 0 Å². The molecular formula is C14H28N2O2. The number of likely N-dealkylation sites (tertiary alicyclic amines) is 1. The van der Waals surface area contributed by atoms with Crippen molar-refractivity contribution in [3.8, 4) is 0 Å². The summed E-state index contributed by atoms with van der Waals surface area (Å²) in [7, 11) is 1.74. The minimum absolute atomic E-state index is 0.0795. The summed E-state index contributed by atoms with van der Waals surface area (Å²) in [6.07, 6.45) is 5.19. The van der Waals surface area contributed by atoms with Crippen LogP contribution in [-0.4, -0.2) is 49.7 Å². The number of hydrogen-bond acceptors (Lipinski definition) is 3. The Morgan fingerprint density at radius 1 is 1.22 bits per heavy atom. The molecular weight excluding hydrogens is 228 g/mol. The maximum Gasteiger partial charge on any atom is 0.223 e. The molecule has 0 bridgehead atoms. The molecule has 1 amide bonds. The molecule has 1 N–H and O–H groups in total.